The summed E-state index contributed by atoms with van der Waals surface area (Å²) >= 11 is 0. The third-order valence-electron chi connectivity index (χ3n) is 4.25. The molecule has 0 saturated carbocycles. The summed E-state index contributed by atoms with van der Waals surface area (Å²) in [5.74, 6) is 1.73. The smallest absolute Gasteiger partial charge is 0.263 e. The largest absolute Gasteiger partial charge is 0.493 e. The Hall–Kier alpha value is -3.35. The van der Waals surface area contributed by atoms with Gasteiger partial charge in [0, 0.05) is 12.6 Å². The Morgan fingerprint density at radius 3 is 2.50 bits per heavy atom. The lowest BCUT2D eigenvalue weighted by Crippen LogP contribution is -2.37. The minimum absolute atomic E-state index is 0.192. The van der Waals surface area contributed by atoms with Gasteiger partial charge in [0.25, 0.3) is 5.91 Å². The number of amides is 1. The summed E-state index contributed by atoms with van der Waals surface area (Å²) in [6.07, 6.45) is -0.694. The molecule has 3 rings (SSSR count). The summed E-state index contributed by atoms with van der Waals surface area (Å²) < 4.78 is 16.3. The summed E-state index contributed by atoms with van der Waals surface area (Å²) in [6.45, 7) is 3.90. The molecule has 1 heterocycles. The van der Waals surface area contributed by atoms with E-state index in [-0.39, 0.29) is 12.5 Å². The van der Waals surface area contributed by atoms with Gasteiger partial charge in [-0.1, -0.05) is 47.1 Å². The first-order valence-corrected chi connectivity index (χ1v) is 8.92. The van der Waals surface area contributed by atoms with Gasteiger partial charge in [-0.25, -0.2) is 0 Å². The Morgan fingerprint density at radius 2 is 1.82 bits per heavy atom. The van der Waals surface area contributed by atoms with Crippen molar-refractivity contribution in [2.75, 3.05) is 14.2 Å². The molecule has 0 radical (unpaired) electrons. The average Bonchev–Trinajstić information content (AvgIpc) is 3.16. The van der Waals surface area contributed by atoms with Crippen molar-refractivity contribution in [1.82, 2.24) is 15.0 Å². The number of para-hydroxylation sites is 2. The first kappa shape index (κ1) is 19.4. The van der Waals surface area contributed by atoms with E-state index >= 15 is 0 Å². The van der Waals surface area contributed by atoms with Crippen molar-refractivity contribution in [2.24, 2.45) is 0 Å². The second-order valence-corrected chi connectivity index (χ2v) is 6.48. The molecule has 146 valence electrons. The summed E-state index contributed by atoms with van der Waals surface area (Å²) in [4.78, 5) is 18.5. The fraction of sp³-hybridized carbons (Fsp3) is 0.286. The first-order valence-electron chi connectivity index (χ1n) is 8.92. The average molecular weight is 381 g/mol. The quantitative estimate of drug-likeness (QED) is 0.624. The van der Waals surface area contributed by atoms with Crippen LogP contribution in [0.15, 0.2) is 53.1 Å². The molecule has 1 amide bonds. The molecule has 0 bridgehead atoms. The molecule has 0 spiro atoms. The van der Waals surface area contributed by atoms with E-state index in [1.807, 2.05) is 43.3 Å². The zero-order valence-corrected chi connectivity index (χ0v) is 16.4. The third kappa shape index (κ3) is 4.49. The highest BCUT2D eigenvalue weighted by atomic mass is 16.5. The number of benzene rings is 2. The molecule has 1 aromatic heterocycles. The molecule has 7 heteroatoms. The van der Waals surface area contributed by atoms with Gasteiger partial charge < -0.3 is 18.9 Å². The standard InChI is InChI=1S/C21H23N3O4/c1-14-9-11-16(12-10-14)20-22-19(28-23-20)13-24(3)21(25)15(2)27-18-8-6-5-7-17(18)26-4/h5-12,15H,13H2,1-4H3. The fourth-order valence-corrected chi connectivity index (χ4v) is 2.69. The molecule has 0 aliphatic heterocycles. The highest BCUT2D eigenvalue weighted by Crippen LogP contribution is 2.27. The van der Waals surface area contributed by atoms with Crippen molar-refractivity contribution >= 4 is 5.91 Å². The zero-order valence-electron chi connectivity index (χ0n) is 16.4. The highest BCUT2D eigenvalue weighted by molar-refractivity contribution is 5.80. The second-order valence-electron chi connectivity index (χ2n) is 6.48. The minimum atomic E-state index is -0.694. The number of aromatic nitrogens is 2. The molecule has 0 aliphatic carbocycles. The van der Waals surface area contributed by atoms with Crippen LogP contribution in [0.4, 0.5) is 0 Å². The van der Waals surface area contributed by atoms with Crippen LogP contribution in [0.25, 0.3) is 11.4 Å². The normalized spacial score (nSPS) is 11.7. The Labute approximate surface area is 163 Å². The van der Waals surface area contributed by atoms with Crippen LogP contribution in [0.5, 0.6) is 11.5 Å². The number of rotatable bonds is 7. The number of aryl methyl sites for hydroxylation is 1. The second kappa shape index (κ2) is 8.56. The van der Waals surface area contributed by atoms with Crippen LogP contribution in [0.2, 0.25) is 0 Å². The van der Waals surface area contributed by atoms with Crippen LogP contribution in [0.3, 0.4) is 0 Å². The summed E-state index contributed by atoms with van der Waals surface area (Å²) in [5, 5.41) is 3.99. The molecule has 28 heavy (non-hydrogen) atoms. The lowest BCUT2D eigenvalue weighted by Gasteiger charge is -2.21. The van der Waals surface area contributed by atoms with Crippen molar-refractivity contribution in [3.63, 3.8) is 0 Å². The molecule has 0 N–H and O–H groups in total. The number of hydrogen-bond acceptors (Lipinski definition) is 6. The Bertz CT molecular complexity index is 937. The van der Waals surface area contributed by atoms with Crippen LogP contribution < -0.4 is 9.47 Å². The molecule has 3 aromatic rings. The van der Waals surface area contributed by atoms with Crippen LogP contribution in [0.1, 0.15) is 18.4 Å². The van der Waals surface area contributed by atoms with E-state index < -0.39 is 6.10 Å². The molecule has 1 atom stereocenters. The van der Waals surface area contributed by atoms with Gasteiger partial charge in [0.2, 0.25) is 11.7 Å². The van der Waals surface area contributed by atoms with Crippen LogP contribution in [-0.4, -0.2) is 41.2 Å². The van der Waals surface area contributed by atoms with Crippen LogP contribution >= 0.6 is 0 Å². The molecule has 0 fully saturated rings. The minimum Gasteiger partial charge on any atom is -0.493 e. The fourth-order valence-electron chi connectivity index (χ4n) is 2.69. The molecule has 7 nitrogen and oxygen atoms in total. The molecule has 1 unspecified atom stereocenters. The molecule has 0 saturated heterocycles. The van der Waals surface area contributed by atoms with Crippen molar-refractivity contribution < 1.29 is 18.8 Å². The van der Waals surface area contributed by atoms with Crippen molar-refractivity contribution in [2.45, 2.75) is 26.5 Å². The van der Waals surface area contributed by atoms with E-state index in [0.717, 1.165) is 11.1 Å². The lowest BCUT2D eigenvalue weighted by molar-refractivity contribution is -0.137. The van der Waals surface area contributed by atoms with Gasteiger partial charge >= 0.3 is 0 Å². The SMILES string of the molecule is COc1ccccc1OC(C)C(=O)N(C)Cc1nc(-c2ccc(C)cc2)no1. The third-order valence-corrected chi connectivity index (χ3v) is 4.25. The maximum absolute atomic E-state index is 12.6. The molecule has 0 aliphatic rings. The van der Waals surface area contributed by atoms with E-state index in [9.17, 15) is 4.79 Å². The van der Waals surface area contributed by atoms with E-state index in [1.165, 1.54) is 4.90 Å². The van der Waals surface area contributed by atoms with Gasteiger partial charge in [-0.3, -0.25) is 4.79 Å². The Kier molecular flexibility index (Phi) is 5.93. The van der Waals surface area contributed by atoms with Crippen LogP contribution in [0, 0.1) is 6.92 Å². The monoisotopic (exact) mass is 381 g/mol. The van der Waals surface area contributed by atoms with Crippen LogP contribution in [-0.2, 0) is 11.3 Å². The predicted octanol–water partition coefficient (Wildman–Crippen LogP) is 3.48. The summed E-state index contributed by atoms with van der Waals surface area (Å²) in [5.41, 5.74) is 2.02. The zero-order chi connectivity index (χ0) is 20.1. The van der Waals surface area contributed by atoms with Crippen molar-refractivity contribution in [1.29, 1.82) is 0 Å². The number of carbonyl (C=O) groups excluding carboxylic acids is 1. The first-order chi connectivity index (χ1) is 13.5. The number of ether oxygens (including phenoxy) is 2. The highest BCUT2D eigenvalue weighted by Gasteiger charge is 2.22. The maximum atomic E-state index is 12.6. The van der Waals surface area contributed by atoms with Gasteiger partial charge in [0.05, 0.1) is 13.7 Å². The number of carbonyl (C=O) groups is 1. The predicted molar refractivity (Wildman–Crippen MR) is 104 cm³/mol. The number of methoxy groups -OCH3 is 1. The summed E-state index contributed by atoms with van der Waals surface area (Å²) in [6, 6.07) is 15.0. The molecule has 2 aromatic carbocycles. The van der Waals surface area contributed by atoms with E-state index in [4.69, 9.17) is 14.0 Å². The number of likely N-dealkylation sites (N-methyl/N-ethyl adjacent to an activating group) is 1. The van der Waals surface area contributed by atoms with E-state index in [2.05, 4.69) is 10.1 Å². The van der Waals surface area contributed by atoms with Gasteiger partial charge in [-0.15, -0.1) is 0 Å². The van der Waals surface area contributed by atoms with Gasteiger partial charge in [0.15, 0.2) is 17.6 Å². The molecular formula is C21H23N3O4. The number of hydrogen-bond donors (Lipinski definition) is 0. The van der Waals surface area contributed by atoms with Gasteiger partial charge in [-0.2, -0.15) is 4.98 Å². The van der Waals surface area contributed by atoms with Gasteiger partial charge in [0.1, 0.15) is 0 Å². The van der Waals surface area contributed by atoms with E-state index in [1.54, 1.807) is 33.2 Å². The van der Waals surface area contributed by atoms with Gasteiger partial charge in [-0.05, 0) is 26.0 Å². The molecular weight excluding hydrogens is 358 g/mol. The Morgan fingerprint density at radius 1 is 1.14 bits per heavy atom. The van der Waals surface area contributed by atoms with E-state index in [0.29, 0.717) is 23.2 Å². The maximum Gasteiger partial charge on any atom is 0.263 e. The number of nitrogens with zero attached hydrogens (tertiary/aromatic N) is 3. The topological polar surface area (TPSA) is 77.7 Å². The van der Waals surface area contributed by atoms with Crippen molar-refractivity contribution in [3.05, 3.63) is 60.0 Å². The lowest BCUT2D eigenvalue weighted by atomic mass is 10.1. The Balaban J connectivity index is 1.63. The van der Waals surface area contributed by atoms with Crippen molar-refractivity contribution in [3.8, 4) is 22.9 Å². The summed E-state index contributed by atoms with van der Waals surface area (Å²) in [7, 11) is 3.22.